The molecule has 2 heterocycles. The number of halogens is 4. The van der Waals surface area contributed by atoms with E-state index in [4.69, 9.17) is 0 Å². The van der Waals surface area contributed by atoms with Crippen LogP contribution in [0.5, 0.6) is 0 Å². The Morgan fingerprint density at radius 1 is 1.12 bits per heavy atom. The first-order valence-corrected chi connectivity index (χ1v) is 6.93. The van der Waals surface area contributed by atoms with Crippen molar-refractivity contribution >= 4 is 17.4 Å². The molecule has 4 nitrogen and oxygen atoms in total. The summed E-state index contributed by atoms with van der Waals surface area (Å²) in [6.07, 6.45) is -5.09. The van der Waals surface area contributed by atoms with Gasteiger partial charge in [0.15, 0.2) is 5.82 Å². The van der Waals surface area contributed by atoms with E-state index >= 15 is 0 Å². The van der Waals surface area contributed by atoms with Crippen molar-refractivity contribution in [2.45, 2.75) is 12.6 Å². The molecule has 0 aliphatic heterocycles. The minimum atomic E-state index is -4.62. The van der Waals surface area contributed by atoms with Gasteiger partial charge in [-0.3, -0.25) is 9.20 Å². The van der Waals surface area contributed by atoms with Crippen LogP contribution in [0.15, 0.2) is 48.7 Å². The van der Waals surface area contributed by atoms with Crippen LogP contribution in [0.1, 0.15) is 6.42 Å². The summed E-state index contributed by atoms with van der Waals surface area (Å²) < 4.78 is 52.0. The van der Waals surface area contributed by atoms with Gasteiger partial charge in [0, 0.05) is 11.8 Å². The first-order valence-electron chi connectivity index (χ1n) is 6.93. The molecular weight excluding hydrogens is 326 g/mol. The fourth-order valence-electron chi connectivity index (χ4n) is 2.34. The minimum absolute atomic E-state index is 0.0546. The molecular formula is C16H11F4N3O. The lowest BCUT2D eigenvalue weighted by Gasteiger charge is -2.08. The van der Waals surface area contributed by atoms with Crippen molar-refractivity contribution in [2.24, 2.45) is 0 Å². The van der Waals surface area contributed by atoms with E-state index in [1.807, 2.05) is 0 Å². The van der Waals surface area contributed by atoms with E-state index in [1.54, 1.807) is 30.3 Å². The van der Waals surface area contributed by atoms with Crippen molar-refractivity contribution in [1.29, 1.82) is 0 Å². The average Bonchev–Trinajstić information content (AvgIpc) is 2.83. The van der Waals surface area contributed by atoms with E-state index in [0.717, 1.165) is 6.20 Å². The van der Waals surface area contributed by atoms with E-state index in [2.05, 4.69) is 10.3 Å². The van der Waals surface area contributed by atoms with Gasteiger partial charge in [-0.1, -0.05) is 30.3 Å². The van der Waals surface area contributed by atoms with Crippen LogP contribution >= 0.6 is 0 Å². The second-order valence-electron chi connectivity index (χ2n) is 5.09. The second kappa shape index (κ2) is 5.95. The Balaban J connectivity index is 2.08. The highest BCUT2D eigenvalue weighted by Gasteiger charge is 2.32. The molecule has 3 rings (SSSR count). The fourth-order valence-corrected chi connectivity index (χ4v) is 2.34. The number of nitrogens with zero attached hydrogens (tertiary/aromatic N) is 2. The summed E-state index contributed by atoms with van der Waals surface area (Å²) in [7, 11) is 0. The van der Waals surface area contributed by atoms with E-state index < -0.39 is 24.3 Å². The summed E-state index contributed by atoms with van der Waals surface area (Å²) in [4.78, 5) is 15.7. The second-order valence-corrected chi connectivity index (χ2v) is 5.09. The Bertz CT molecular complexity index is 887. The number of nitrogens with one attached hydrogen (secondary N) is 1. The molecule has 24 heavy (non-hydrogen) atoms. The third-order valence-corrected chi connectivity index (χ3v) is 3.25. The van der Waals surface area contributed by atoms with Crippen LogP contribution in [0.25, 0.3) is 16.9 Å². The Kier molecular flexibility index (Phi) is 3.96. The normalized spacial score (nSPS) is 11.7. The lowest BCUT2D eigenvalue weighted by atomic mass is 10.1. The monoisotopic (exact) mass is 337 g/mol. The minimum Gasteiger partial charge on any atom is -0.309 e. The molecule has 0 saturated carbocycles. The lowest BCUT2D eigenvalue weighted by molar-refractivity contribution is -0.150. The molecule has 124 valence electrons. The van der Waals surface area contributed by atoms with Gasteiger partial charge in [0.25, 0.3) is 0 Å². The van der Waals surface area contributed by atoms with E-state index in [0.29, 0.717) is 16.9 Å². The molecule has 0 radical (unpaired) electrons. The number of alkyl halides is 3. The number of carbonyl (C=O) groups excluding carboxylic acids is 1. The summed E-state index contributed by atoms with van der Waals surface area (Å²) in [5, 5.41) is 2.16. The van der Waals surface area contributed by atoms with Gasteiger partial charge >= 0.3 is 6.18 Å². The summed E-state index contributed by atoms with van der Waals surface area (Å²) >= 11 is 0. The Hall–Kier alpha value is -2.90. The van der Waals surface area contributed by atoms with Crippen LogP contribution in [-0.2, 0) is 4.79 Å². The van der Waals surface area contributed by atoms with E-state index in [1.165, 1.54) is 16.5 Å². The molecule has 1 aromatic carbocycles. The molecule has 3 aromatic rings. The van der Waals surface area contributed by atoms with Crippen LogP contribution in [0.3, 0.4) is 0 Å². The van der Waals surface area contributed by atoms with E-state index in [9.17, 15) is 22.4 Å². The van der Waals surface area contributed by atoms with Gasteiger partial charge in [-0.2, -0.15) is 13.2 Å². The third kappa shape index (κ3) is 3.37. The SMILES string of the molecule is O=C(CC(F)(F)F)Nc1nc2ccc(F)cn2c1-c1ccccc1. The molecule has 1 amide bonds. The number of anilines is 1. The van der Waals surface area contributed by atoms with Crippen molar-refractivity contribution in [2.75, 3.05) is 5.32 Å². The molecule has 0 saturated heterocycles. The number of hydrogen-bond donors (Lipinski definition) is 1. The fraction of sp³-hybridized carbons (Fsp3) is 0.125. The van der Waals surface area contributed by atoms with Crippen molar-refractivity contribution in [3.8, 4) is 11.3 Å². The third-order valence-electron chi connectivity index (χ3n) is 3.25. The van der Waals surface area contributed by atoms with Crippen LogP contribution in [-0.4, -0.2) is 21.5 Å². The van der Waals surface area contributed by atoms with Crippen molar-refractivity contribution in [3.05, 3.63) is 54.5 Å². The molecule has 0 bridgehead atoms. The predicted molar refractivity (Wildman–Crippen MR) is 79.9 cm³/mol. The van der Waals surface area contributed by atoms with Crippen LogP contribution in [0.2, 0.25) is 0 Å². The number of rotatable bonds is 3. The average molecular weight is 337 g/mol. The van der Waals surface area contributed by atoms with Gasteiger partial charge < -0.3 is 5.32 Å². The standard InChI is InChI=1S/C16H11F4N3O/c17-11-6-7-12-21-15(22-13(24)8-16(18,19)20)14(23(12)9-11)10-4-2-1-3-5-10/h1-7,9H,8H2,(H,22,24). The van der Waals surface area contributed by atoms with Gasteiger partial charge in [-0.05, 0) is 12.1 Å². The maximum absolute atomic E-state index is 13.5. The number of hydrogen-bond acceptors (Lipinski definition) is 2. The van der Waals surface area contributed by atoms with Gasteiger partial charge in [0.05, 0.1) is 5.69 Å². The quantitative estimate of drug-likeness (QED) is 0.734. The maximum Gasteiger partial charge on any atom is 0.397 e. The number of amides is 1. The molecule has 0 fully saturated rings. The number of pyridine rings is 1. The summed E-state index contributed by atoms with van der Waals surface area (Å²) in [6.45, 7) is 0. The van der Waals surface area contributed by atoms with Crippen LogP contribution in [0.4, 0.5) is 23.4 Å². The molecule has 0 atom stereocenters. The highest BCUT2D eigenvalue weighted by molar-refractivity contribution is 5.94. The number of aromatic nitrogens is 2. The predicted octanol–water partition coefficient (Wildman–Crippen LogP) is 4.03. The van der Waals surface area contributed by atoms with Gasteiger partial charge in [-0.25, -0.2) is 9.37 Å². The Labute approximate surface area is 133 Å². The number of imidazole rings is 1. The molecule has 1 N–H and O–H groups in total. The lowest BCUT2D eigenvalue weighted by Crippen LogP contribution is -2.21. The molecule has 0 aliphatic carbocycles. The zero-order chi connectivity index (χ0) is 17.3. The van der Waals surface area contributed by atoms with Crippen LogP contribution in [0, 0.1) is 5.82 Å². The Morgan fingerprint density at radius 2 is 1.83 bits per heavy atom. The molecule has 0 aliphatic rings. The molecule has 0 unspecified atom stereocenters. The highest BCUT2D eigenvalue weighted by atomic mass is 19.4. The topological polar surface area (TPSA) is 46.4 Å². The van der Waals surface area contributed by atoms with Crippen molar-refractivity contribution in [3.63, 3.8) is 0 Å². The van der Waals surface area contributed by atoms with Crippen molar-refractivity contribution in [1.82, 2.24) is 9.38 Å². The van der Waals surface area contributed by atoms with Gasteiger partial charge in [-0.15, -0.1) is 0 Å². The van der Waals surface area contributed by atoms with Gasteiger partial charge in [0.1, 0.15) is 17.9 Å². The highest BCUT2D eigenvalue weighted by Crippen LogP contribution is 2.30. The molecule has 0 spiro atoms. The largest absolute Gasteiger partial charge is 0.397 e. The first kappa shape index (κ1) is 16.0. The zero-order valence-corrected chi connectivity index (χ0v) is 12.1. The number of carbonyl (C=O) groups is 1. The Morgan fingerprint density at radius 3 is 2.50 bits per heavy atom. The van der Waals surface area contributed by atoms with Gasteiger partial charge in [0.2, 0.25) is 5.91 Å². The first-order chi connectivity index (χ1) is 11.3. The van der Waals surface area contributed by atoms with E-state index in [-0.39, 0.29) is 5.82 Å². The number of benzene rings is 1. The summed E-state index contributed by atoms with van der Waals surface area (Å²) in [6, 6.07) is 11.1. The molecule has 8 heteroatoms. The van der Waals surface area contributed by atoms with Crippen molar-refractivity contribution < 1.29 is 22.4 Å². The van der Waals surface area contributed by atoms with Crippen LogP contribution < -0.4 is 5.32 Å². The maximum atomic E-state index is 13.5. The summed E-state index contributed by atoms with van der Waals surface area (Å²) in [5.74, 6) is -1.82. The summed E-state index contributed by atoms with van der Waals surface area (Å²) in [5.41, 5.74) is 1.19. The smallest absolute Gasteiger partial charge is 0.309 e. The molecule has 2 aromatic heterocycles. The number of fused-ring (bicyclic) bond motifs is 1. The zero-order valence-electron chi connectivity index (χ0n) is 12.1.